The Balaban J connectivity index is 1.79. The summed E-state index contributed by atoms with van der Waals surface area (Å²) in [7, 11) is 2.13. The quantitative estimate of drug-likeness (QED) is 0.870. The monoisotopic (exact) mass is 282 g/mol. The fourth-order valence-corrected chi connectivity index (χ4v) is 3.29. The lowest BCUT2D eigenvalue weighted by molar-refractivity contribution is -0.120. The minimum absolute atomic E-state index is 0.0609. The number of nitrogens with one attached hydrogen (secondary N) is 1. The van der Waals surface area contributed by atoms with Crippen LogP contribution in [0, 0.1) is 6.92 Å². The maximum absolute atomic E-state index is 11.9. The number of hydrogen-bond acceptors (Lipinski definition) is 5. The molecule has 5 nitrogen and oxygen atoms in total. The van der Waals surface area contributed by atoms with E-state index in [1.54, 1.807) is 0 Å². The van der Waals surface area contributed by atoms with E-state index in [1.807, 2.05) is 6.92 Å². The number of rotatable bonds is 4. The zero-order valence-corrected chi connectivity index (χ0v) is 12.4. The average Bonchev–Trinajstić information content (AvgIpc) is 2.67. The molecule has 0 aromatic carbocycles. The number of amides is 1. The van der Waals surface area contributed by atoms with Crippen LogP contribution in [-0.4, -0.2) is 42.0 Å². The van der Waals surface area contributed by atoms with Gasteiger partial charge in [-0.3, -0.25) is 4.79 Å². The molecule has 1 amide bonds. The summed E-state index contributed by atoms with van der Waals surface area (Å²) in [6, 6.07) is 0.477. The Bertz CT molecular complexity index is 446. The molecule has 3 N–H and O–H groups in total. The van der Waals surface area contributed by atoms with E-state index in [0.717, 1.165) is 23.7 Å². The highest BCUT2D eigenvalue weighted by atomic mass is 32.1. The molecule has 1 aliphatic heterocycles. The van der Waals surface area contributed by atoms with Gasteiger partial charge in [-0.25, -0.2) is 4.98 Å². The predicted octanol–water partition coefficient (Wildman–Crippen LogP) is 1.18. The summed E-state index contributed by atoms with van der Waals surface area (Å²) in [6.07, 6.45) is 4.08. The first-order valence-electron chi connectivity index (χ1n) is 6.75. The van der Waals surface area contributed by atoms with E-state index in [9.17, 15) is 4.79 Å². The lowest BCUT2D eigenvalue weighted by atomic mass is 10.0. The summed E-state index contributed by atoms with van der Waals surface area (Å²) in [6.45, 7) is 3.76. The molecule has 2 rings (SSSR count). The van der Waals surface area contributed by atoms with E-state index < -0.39 is 0 Å². The van der Waals surface area contributed by atoms with Crippen molar-refractivity contribution in [3.8, 4) is 0 Å². The van der Waals surface area contributed by atoms with Gasteiger partial charge in [0, 0.05) is 17.5 Å². The van der Waals surface area contributed by atoms with Gasteiger partial charge in [0.25, 0.3) is 0 Å². The van der Waals surface area contributed by atoms with Crippen molar-refractivity contribution in [1.29, 1.82) is 0 Å². The number of thiazole rings is 1. The van der Waals surface area contributed by atoms with Crippen molar-refractivity contribution in [3.63, 3.8) is 0 Å². The first-order valence-corrected chi connectivity index (χ1v) is 7.56. The van der Waals surface area contributed by atoms with Gasteiger partial charge in [-0.05, 0) is 33.4 Å². The average molecular weight is 282 g/mol. The second kappa shape index (κ2) is 6.34. The van der Waals surface area contributed by atoms with Crippen molar-refractivity contribution < 1.29 is 4.79 Å². The maximum Gasteiger partial charge on any atom is 0.225 e. The van der Waals surface area contributed by atoms with Crippen molar-refractivity contribution in [2.24, 2.45) is 0 Å². The lowest BCUT2D eigenvalue weighted by Crippen LogP contribution is -2.44. The number of nitrogen functional groups attached to an aromatic ring is 1. The van der Waals surface area contributed by atoms with Gasteiger partial charge in [-0.1, -0.05) is 6.42 Å². The molecule has 2 heterocycles. The summed E-state index contributed by atoms with van der Waals surface area (Å²) >= 11 is 1.40. The molecule has 0 radical (unpaired) electrons. The SMILES string of the molecule is Cc1nc(N)sc1CC(=O)NC[C@H]1CCCCN1C. The Hall–Kier alpha value is -1.14. The molecule has 0 spiro atoms. The van der Waals surface area contributed by atoms with Crippen molar-refractivity contribution in [1.82, 2.24) is 15.2 Å². The smallest absolute Gasteiger partial charge is 0.225 e. The molecule has 0 bridgehead atoms. The fraction of sp³-hybridized carbons (Fsp3) is 0.692. The molecule has 1 aromatic heterocycles. The topological polar surface area (TPSA) is 71.2 Å². The normalized spacial score (nSPS) is 20.4. The van der Waals surface area contributed by atoms with Crippen molar-refractivity contribution in [2.45, 2.75) is 38.6 Å². The maximum atomic E-state index is 11.9. The van der Waals surface area contributed by atoms with Crippen LogP contribution in [0.3, 0.4) is 0 Å². The standard InChI is InChI=1S/C13H22N4OS/c1-9-11(19-13(14)16-9)7-12(18)15-8-10-5-3-4-6-17(10)2/h10H,3-8H2,1-2H3,(H2,14,16)(H,15,18)/t10-/m1/s1. The van der Waals surface area contributed by atoms with Crippen LogP contribution in [0.1, 0.15) is 29.8 Å². The number of aryl methyl sites for hydroxylation is 1. The summed E-state index contributed by atoms with van der Waals surface area (Å²) in [5.41, 5.74) is 6.50. The molecule has 0 saturated carbocycles. The van der Waals surface area contributed by atoms with Crippen LogP contribution in [0.4, 0.5) is 5.13 Å². The third kappa shape index (κ3) is 3.91. The number of likely N-dealkylation sites (tertiary alicyclic amines) is 1. The van der Waals surface area contributed by atoms with Crippen LogP contribution in [-0.2, 0) is 11.2 Å². The van der Waals surface area contributed by atoms with Crippen LogP contribution < -0.4 is 11.1 Å². The zero-order chi connectivity index (χ0) is 13.8. The highest BCUT2D eigenvalue weighted by molar-refractivity contribution is 7.15. The number of likely N-dealkylation sites (N-methyl/N-ethyl adjacent to an activating group) is 1. The highest BCUT2D eigenvalue weighted by Crippen LogP contribution is 2.20. The number of nitrogens with zero attached hydrogens (tertiary/aromatic N) is 2. The van der Waals surface area contributed by atoms with Gasteiger partial charge in [-0.15, -0.1) is 11.3 Å². The third-order valence-electron chi connectivity index (χ3n) is 3.69. The first-order chi connectivity index (χ1) is 9.06. The molecule has 1 aromatic rings. The lowest BCUT2D eigenvalue weighted by Gasteiger charge is -2.32. The summed E-state index contributed by atoms with van der Waals surface area (Å²) < 4.78 is 0. The van der Waals surface area contributed by atoms with Crippen LogP contribution in [0.2, 0.25) is 0 Å². The number of hydrogen-bond donors (Lipinski definition) is 2. The van der Waals surface area contributed by atoms with E-state index in [1.165, 1.54) is 30.6 Å². The molecule has 6 heteroatoms. The van der Waals surface area contributed by atoms with E-state index in [0.29, 0.717) is 17.6 Å². The number of anilines is 1. The Morgan fingerprint density at radius 3 is 3.00 bits per heavy atom. The Labute approximate surface area is 118 Å². The van der Waals surface area contributed by atoms with E-state index in [2.05, 4.69) is 22.2 Å². The fourth-order valence-electron chi connectivity index (χ4n) is 2.46. The van der Waals surface area contributed by atoms with E-state index in [4.69, 9.17) is 5.73 Å². The van der Waals surface area contributed by atoms with E-state index in [-0.39, 0.29) is 5.91 Å². The molecule has 19 heavy (non-hydrogen) atoms. The molecular weight excluding hydrogens is 260 g/mol. The number of carbonyl (C=O) groups is 1. The number of aromatic nitrogens is 1. The van der Waals surface area contributed by atoms with Gasteiger partial charge in [0.2, 0.25) is 5.91 Å². The minimum atomic E-state index is 0.0609. The first kappa shape index (κ1) is 14.3. The van der Waals surface area contributed by atoms with Crippen LogP contribution in [0.25, 0.3) is 0 Å². The summed E-state index contributed by atoms with van der Waals surface area (Å²) in [5, 5.41) is 3.56. The van der Waals surface area contributed by atoms with Gasteiger partial charge in [0.1, 0.15) is 0 Å². The van der Waals surface area contributed by atoms with Gasteiger partial charge < -0.3 is 16.0 Å². The Morgan fingerprint density at radius 2 is 2.37 bits per heavy atom. The zero-order valence-electron chi connectivity index (χ0n) is 11.6. The van der Waals surface area contributed by atoms with Gasteiger partial charge in [0.05, 0.1) is 12.1 Å². The van der Waals surface area contributed by atoms with Crippen molar-refractivity contribution in [3.05, 3.63) is 10.6 Å². The molecule has 106 valence electrons. The number of piperidine rings is 1. The summed E-state index contributed by atoms with van der Waals surface area (Å²) in [4.78, 5) is 19.4. The molecule has 1 aliphatic rings. The minimum Gasteiger partial charge on any atom is -0.375 e. The van der Waals surface area contributed by atoms with Gasteiger partial charge in [0.15, 0.2) is 5.13 Å². The number of carbonyl (C=O) groups excluding carboxylic acids is 1. The Morgan fingerprint density at radius 1 is 1.58 bits per heavy atom. The van der Waals surface area contributed by atoms with Crippen molar-refractivity contribution >= 4 is 22.4 Å². The highest BCUT2D eigenvalue weighted by Gasteiger charge is 2.19. The third-order valence-corrected chi connectivity index (χ3v) is 4.67. The van der Waals surface area contributed by atoms with Crippen LogP contribution in [0.15, 0.2) is 0 Å². The predicted molar refractivity (Wildman–Crippen MR) is 78.2 cm³/mol. The molecule has 0 aliphatic carbocycles. The molecule has 1 saturated heterocycles. The molecule has 1 atom stereocenters. The Kier molecular flexibility index (Phi) is 4.76. The van der Waals surface area contributed by atoms with Crippen LogP contribution >= 0.6 is 11.3 Å². The van der Waals surface area contributed by atoms with E-state index >= 15 is 0 Å². The molecular formula is C13H22N4OS. The second-order valence-electron chi connectivity index (χ2n) is 5.17. The molecule has 1 fully saturated rings. The number of nitrogens with two attached hydrogens (primary N) is 1. The largest absolute Gasteiger partial charge is 0.375 e. The van der Waals surface area contributed by atoms with Gasteiger partial charge in [-0.2, -0.15) is 0 Å². The summed E-state index contributed by atoms with van der Waals surface area (Å²) in [5.74, 6) is 0.0609. The second-order valence-corrected chi connectivity index (χ2v) is 6.29. The van der Waals surface area contributed by atoms with Crippen molar-refractivity contribution in [2.75, 3.05) is 25.9 Å². The van der Waals surface area contributed by atoms with Crippen LogP contribution in [0.5, 0.6) is 0 Å². The molecule has 0 unspecified atom stereocenters. The van der Waals surface area contributed by atoms with Gasteiger partial charge >= 0.3 is 0 Å².